The average molecular weight is 369 g/mol. The van der Waals surface area contributed by atoms with E-state index >= 15 is 0 Å². The van der Waals surface area contributed by atoms with Gasteiger partial charge in [0.25, 0.3) is 11.6 Å². The molecule has 0 aliphatic heterocycles. The van der Waals surface area contributed by atoms with Crippen molar-refractivity contribution in [2.24, 2.45) is 0 Å². The lowest BCUT2D eigenvalue weighted by molar-refractivity contribution is -0.384. The third kappa shape index (κ3) is 4.41. The van der Waals surface area contributed by atoms with E-state index in [0.717, 1.165) is 6.07 Å². The first kappa shape index (κ1) is 19.0. The van der Waals surface area contributed by atoms with Gasteiger partial charge in [-0.2, -0.15) is 13.2 Å². The highest BCUT2D eigenvalue weighted by Gasteiger charge is 2.33. The molecule has 0 aromatic heterocycles. The normalized spacial score (nSPS) is 10.9. The van der Waals surface area contributed by atoms with Gasteiger partial charge in [0.2, 0.25) is 0 Å². The van der Waals surface area contributed by atoms with Crippen molar-refractivity contribution in [3.8, 4) is 5.75 Å². The van der Waals surface area contributed by atoms with Crippen LogP contribution >= 0.6 is 0 Å². The highest BCUT2D eigenvalue weighted by atomic mass is 19.4. The molecule has 1 amide bonds. The van der Waals surface area contributed by atoms with Gasteiger partial charge in [-0.1, -0.05) is 12.1 Å². The van der Waals surface area contributed by atoms with Crippen LogP contribution in [-0.2, 0) is 6.18 Å². The maximum Gasteiger partial charge on any atom is 0.416 e. The molecule has 26 heavy (non-hydrogen) atoms. The summed E-state index contributed by atoms with van der Waals surface area (Å²) in [5.41, 5.74) is 2.38. The number of anilines is 1. The molecule has 7 nitrogen and oxygen atoms in total. The number of carbonyl (C=O) groups is 1. The second kappa shape index (κ2) is 7.72. The number of para-hydroxylation sites is 1. The third-order valence-electron chi connectivity index (χ3n) is 3.26. The highest BCUT2D eigenvalue weighted by Crippen LogP contribution is 2.34. The summed E-state index contributed by atoms with van der Waals surface area (Å²) in [6.45, 7) is 2.06. The zero-order valence-corrected chi connectivity index (χ0v) is 13.5. The van der Waals surface area contributed by atoms with Gasteiger partial charge in [0.15, 0.2) is 0 Å². The van der Waals surface area contributed by atoms with Crippen LogP contribution in [0.25, 0.3) is 0 Å². The zero-order chi connectivity index (χ0) is 19.3. The maximum atomic E-state index is 12.7. The molecule has 0 saturated heterocycles. The predicted octanol–water partition coefficient (Wildman–Crippen LogP) is 3.77. The van der Waals surface area contributed by atoms with Gasteiger partial charge in [-0.05, 0) is 31.2 Å². The number of halogens is 3. The van der Waals surface area contributed by atoms with Crippen molar-refractivity contribution in [3.63, 3.8) is 0 Å². The standard InChI is InChI=1S/C16H14F3N3O4/c1-2-26-14-6-4-3-5-11(14)15(23)21-20-12-8-7-10(16(17,18)19)9-13(12)22(24)25/h3-9,20H,2H2,1H3,(H,21,23). The van der Waals surface area contributed by atoms with Gasteiger partial charge in [0, 0.05) is 6.07 Å². The Hall–Kier alpha value is -3.30. The summed E-state index contributed by atoms with van der Waals surface area (Å²) in [4.78, 5) is 22.3. The lowest BCUT2D eigenvalue weighted by atomic mass is 10.1. The minimum Gasteiger partial charge on any atom is -0.493 e. The second-order valence-corrected chi connectivity index (χ2v) is 5.00. The first-order chi connectivity index (χ1) is 12.2. The molecule has 2 rings (SSSR count). The summed E-state index contributed by atoms with van der Waals surface area (Å²) < 4.78 is 43.4. The number of nitro groups is 1. The van der Waals surface area contributed by atoms with Crippen LogP contribution in [0.3, 0.4) is 0 Å². The summed E-state index contributed by atoms with van der Waals surface area (Å²) >= 11 is 0. The first-order valence-corrected chi connectivity index (χ1v) is 7.38. The summed E-state index contributed by atoms with van der Waals surface area (Å²) in [5.74, 6) is -0.362. The highest BCUT2D eigenvalue weighted by molar-refractivity contribution is 5.97. The SMILES string of the molecule is CCOc1ccccc1C(=O)NNc1ccc(C(F)(F)F)cc1[N+](=O)[O-]. The number of carbonyl (C=O) groups excluding carboxylic acids is 1. The van der Waals surface area contributed by atoms with Crippen LogP contribution in [0.15, 0.2) is 42.5 Å². The summed E-state index contributed by atoms with van der Waals surface area (Å²) in [6, 6.07) is 8.24. The number of amides is 1. The molecule has 0 unspecified atom stereocenters. The lowest BCUT2D eigenvalue weighted by Gasteiger charge is -2.13. The number of hydrazine groups is 1. The second-order valence-electron chi connectivity index (χ2n) is 5.00. The van der Waals surface area contributed by atoms with Crippen molar-refractivity contribution < 1.29 is 27.6 Å². The van der Waals surface area contributed by atoms with E-state index in [0.29, 0.717) is 24.5 Å². The lowest BCUT2D eigenvalue weighted by Crippen LogP contribution is -2.30. The molecule has 0 spiro atoms. The van der Waals surface area contributed by atoms with E-state index in [1.54, 1.807) is 25.1 Å². The predicted molar refractivity (Wildman–Crippen MR) is 86.8 cm³/mol. The summed E-state index contributed by atoms with van der Waals surface area (Å²) in [6.07, 6.45) is -4.72. The van der Waals surface area contributed by atoms with Crippen LogP contribution in [0.1, 0.15) is 22.8 Å². The number of benzene rings is 2. The van der Waals surface area contributed by atoms with E-state index in [-0.39, 0.29) is 11.3 Å². The molecular weight excluding hydrogens is 355 g/mol. The summed E-state index contributed by atoms with van der Waals surface area (Å²) in [5, 5.41) is 11.0. The Bertz CT molecular complexity index is 825. The van der Waals surface area contributed by atoms with E-state index < -0.39 is 28.3 Å². The number of nitro benzene ring substituents is 1. The van der Waals surface area contributed by atoms with Crippen LogP contribution < -0.4 is 15.6 Å². The Morgan fingerprint density at radius 3 is 2.54 bits per heavy atom. The van der Waals surface area contributed by atoms with E-state index in [9.17, 15) is 28.1 Å². The van der Waals surface area contributed by atoms with E-state index in [1.165, 1.54) is 6.07 Å². The smallest absolute Gasteiger partial charge is 0.416 e. The van der Waals surface area contributed by atoms with Crippen LogP contribution in [0, 0.1) is 10.1 Å². The molecule has 2 aromatic rings. The molecule has 0 aliphatic rings. The quantitative estimate of drug-likeness (QED) is 0.597. The third-order valence-corrected chi connectivity index (χ3v) is 3.26. The van der Waals surface area contributed by atoms with Crippen molar-refractivity contribution in [1.29, 1.82) is 0 Å². The number of nitrogens with zero attached hydrogens (tertiary/aromatic N) is 1. The van der Waals surface area contributed by atoms with Gasteiger partial charge in [-0.25, -0.2) is 0 Å². The minimum atomic E-state index is -4.72. The van der Waals surface area contributed by atoms with Crippen LogP contribution in [0.2, 0.25) is 0 Å². The molecule has 2 N–H and O–H groups in total. The largest absolute Gasteiger partial charge is 0.493 e. The van der Waals surface area contributed by atoms with E-state index in [4.69, 9.17) is 4.74 Å². The Labute approximate surface area is 145 Å². The number of alkyl halides is 3. The molecule has 0 heterocycles. The minimum absolute atomic E-state index is 0.163. The number of ether oxygens (including phenoxy) is 1. The monoisotopic (exact) mass is 369 g/mol. The van der Waals surface area contributed by atoms with Gasteiger partial charge in [0.1, 0.15) is 11.4 Å². The molecule has 0 saturated carbocycles. The molecular formula is C16H14F3N3O4. The number of nitrogens with one attached hydrogen (secondary N) is 2. The topological polar surface area (TPSA) is 93.5 Å². The zero-order valence-electron chi connectivity index (χ0n) is 13.5. The molecule has 0 atom stereocenters. The Kier molecular flexibility index (Phi) is 5.65. The van der Waals surface area contributed by atoms with Crippen molar-refractivity contribution in [2.45, 2.75) is 13.1 Å². The Balaban J connectivity index is 2.22. The fourth-order valence-electron chi connectivity index (χ4n) is 2.09. The van der Waals surface area contributed by atoms with Crippen molar-refractivity contribution in [1.82, 2.24) is 5.43 Å². The number of rotatable bonds is 6. The van der Waals surface area contributed by atoms with Crippen molar-refractivity contribution in [3.05, 3.63) is 63.7 Å². The molecule has 10 heteroatoms. The van der Waals surface area contributed by atoms with Gasteiger partial charge in [-0.3, -0.25) is 25.8 Å². The molecule has 2 aromatic carbocycles. The van der Waals surface area contributed by atoms with Crippen molar-refractivity contribution in [2.75, 3.05) is 12.0 Å². The van der Waals surface area contributed by atoms with Crippen LogP contribution in [0.4, 0.5) is 24.5 Å². The van der Waals surface area contributed by atoms with Gasteiger partial charge in [0.05, 0.1) is 22.7 Å². The van der Waals surface area contributed by atoms with Crippen LogP contribution in [0.5, 0.6) is 5.75 Å². The fourth-order valence-corrected chi connectivity index (χ4v) is 2.09. The molecule has 0 bridgehead atoms. The van der Waals surface area contributed by atoms with Gasteiger partial charge in [-0.15, -0.1) is 0 Å². The van der Waals surface area contributed by atoms with Crippen LogP contribution in [-0.4, -0.2) is 17.4 Å². The van der Waals surface area contributed by atoms with E-state index in [1.807, 2.05) is 0 Å². The van der Waals surface area contributed by atoms with Crippen molar-refractivity contribution >= 4 is 17.3 Å². The number of hydrogen-bond acceptors (Lipinski definition) is 5. The van der Waals surface area contributed by atoms with E-state index in [2.05, 4.69) is 10.9 Å². The first-order valence-electron chi connectivity index (χ1n) is 7.38. The maximum absolute atomic E-state index is 12.7. The average Bonchev–Trinajstić information content (AvgIpc) is 2.59. The van der Waals surface area contributed by atoms with Gasteiger partial charge < -0.3 is 4.74 Å². The summed E-state index contributed by atoms with van der Waals surface area (Å²) in [7, 11) is 0. The molecule has 0 aliphatic carbocycles. The fraction of sp³-hybridized carbons (Fsp3) is 0.188. The molecule has 0 radical (unpaired) electrons. The molecule has 0 fully saturated rings. The van der Waals surface area contributed by atoms with Gasteiger partial charge >= 0.3 is 6.18 Å². The Morgan fingerprint density at radius 2 is 1.92 bits per heavy atom. The number of hydrogen-bond donors (Lipinski definition) is 2. The Morgan fingerprint density at radius 1 is 1.23 bits per heavy atom. The molecule has 138 valence electrons.